The lowest BCUT2D eigenvalue weighted by molar-refractivity contribution is 1.08. The second-order valence-corrected chi connectivity index (χ2v) is 4.66. The molecule has 3 rings (SSSR count). The fraction of sp³-hybridized carbons (Fsp3) is 0.0556. The van der Waals surface area contributed by atoms with Gasteiger partial charge < -0.3 is 5.32 Å². The summed E-state index contributed by atoms with van der Waals surface area (Å²) in [6, 6.07) is 24.9. The van der Waals surface area contributed by atoms with Crippen LogP contribution in [0.3, 0.4) is 0 Å². The second kappa shape index (κ2) is 6.02. The van der Waals surface area contributed by atoms with Crippen molar-refractivity contribution in [1.82, 2.24) is 0 Å². The molecule has 3 aromatic rings. The normalized spacial score (nSPS) is 11.0. The molecule has 0 aliphatic rings. The van der Waals surface area contributed by atoms with E-state index in [2.05, 4.69) is 64.9 Å². The van der Waals surface area contributed by atoms with Gasteiger partial charge in [0.25, 0.3) is 0 Å². The highest BCUT2D eigenvalue weighted by Crippen LogP contribution is 2.18. The number of hydrogen-bond donors (Lipinski definition) is 1. The Labute approximate surface area is 118 Å². The molecule has 2 heteroatoms. The molecule has 0 amide bonds. The lowest BCUT2D eigenvalue weighted by atomic mass is 10.1. The lowest BCUT2D eigenvalue weighted by Crippen LogP contribution is -1.95. The summed E-state index contributed by atoms with van der Waals surface area (Å²) in [5.41, 5.74) is 2.27. The molecule has 1 N–H and O–H groups in total. The number of aliphatic imine (C=N–C) groups is 1. The van der Waals surface area contributed by atoms with Crippen LogP contribution < -0.4 is 5.32 Å². The van der Waals surface area contributed by atoms with E-state index in [0.717, 1.165) is 5.69 Å². The number of hydrogen-bond acceptors (Lipinski definition) is 1. The predicted octanol–water partition coefficient (Wildman–Crippen LogP) is 4.48. The summed E-state index contributed by atoms with van der Waals surface area (Å²) in [7, 11) is 0. The maximum absolute atomic E-state index is 4.38. The van der Waals surface area contributed by atoms with Crippen LogP contribution >= 0.6 is 0 Å². The first-order valence-electron chi connectivity index (χ1n) is 6.69. The average molecular weight is 260 g/mol. The Hall–Kier alpha value is -2.61. The van der Waals surface area contributed by atoms with Gasteiger partial charge in [-0.05, 0) is 28.5 Å². The molecule has 20 heavy (non-hydrogen) atoms. The number of nitrogens with one attached hydrogen (secondary N) is 1. The van der Waals surface area contributed by atoms with Crippen molar-refractivity contribution in [3.8, 4) is 0 Å². The molecule has 2 nitrogen and oxygen atoms in total. The predicted molar refractivity (Wildman–Crippen MR) is 86.2 cm³/mol. The van der Waals surface area contributed by atoms with Gasteiger partial charge in [0.2, 0.25) is 0 Å². The van der Waals surface area contributed by atoms with Gasteiger partial charge in [-0.15, -0.1) is 0 Å². The number of benzene rings is 3. The van der Waals surface area contributed by atoms with E-state index in [1.54, 1.807) is 6.34 Å². The van der Waals surface area contributed by atoms with Gasteiger partial charge in [0, 0.05) is 5.69 Å². The molecular weight excluding hydrogens is 244 g/mol. The minimum absolute atomic E-state index is 0.696. The van der Waals surface area contributed by atoms with Crippen molar-refractivity contribution < 1.29 is 0 Å². The Morgan fingerprint density at radius 2 is 1.55 bits per heavy atom. The molecule has 0 atom stereocenters. The molecule has 0 unspecified atom stereocenters. The molecule has 0 fully saturated rings. The Bertz CT molecular complexity index is 718. The first-order chi connectivity index (χ1) is 9.92. The molecule has 0 spiro atoms. The van der Waals surface area contributed by atoms with Crippen LogP contribution in [-0.2, 0) is 6.54 Å². The van der Waals surface area contributed by atoms with E-state index in [4.69, 9.17) is 0 Å². The Kier molecular flexibility index (Phi) is 3.74. The number of fused-ring (bicyclic) bond motifs is 1. The van der Waals surface area contributed by atoms with Gasteiger partial charge in [-0.3, -0.25) is 4.99 Å². The van der Waals surface area contributed by atoms with Crippen molar-refractivity contribution in [2.45, 2.75) is 6.54 Å². The first kappa shape index (κ1) is 12.4. The summed E-state index contributed by atoms with van der Waals surface area (Å²) in [5, 5.41) is 5.70. The molecule has 0 saturated heterocycles. The van der Waals surface area contributed by atoms with E-state index in [0.29, 0.717) is 6.54 Å². The smallest absolute Gasteiger partial charge is 0.0872 e. The van der Waals surface area contributed by atoms with Crippen molar-refractivity contribution >= 4 is 22.8 Å². The van der Waals surface area contributed by atoms with E-state index in [1.807, 2.05) is 18.2 Å². The highest BCUT2D eigenvalue weighted by molar-refractivity contribution is 5.88. The van der Waals surface area contributed by atoms with Crippen molar-refractivity contribution in [3.05, 3.63) is 78.4 Å². The molecule has 0 aliphatic carbocycles. The highest BCUT2D eigenvalue weighted by Gasteiger charge is 1.93. The second-order valence-electron chi connectivity index (χ2n) is 4.66. The maximum atomic E-state index is 4.38. The van der Waals surface area contributed by atoms with E-state index >= 15 is 0 Å². The van der Waals surface area contributed by atoms with Gasteiger partial charge in [0.15, 0.2) is 0 Å². The molecule has 0 aliphatic heterocycles. The number of rotatable bonds is 4. The van der Waals surface area contributed by atoms with Crippen LogP contribution in [0.25, 0.3) is 10.8 Å². The minimum atomic E-state index is 0.696. The fourth-order valence-corrected chi connectivity index (χ4v) is 2.13. The van der Waals surface area contributed by atoms with Gasteiger partial charge in [-0.25, -0.2) is 0 Å². The number of nitrogens with zero attached hydrogens (tertiary/aromatic N) is 1. The van der Waals surface area contributed by atoms with Gasteiger partial charge in [0.05, 0.1) is 12.9 Å². The zero-order valence-electron chi connectivity index (χ0n) is 11.2. The largest absolute Gasteiger partial charge is 0.347 e. The summed E-state index contributed by atoms with van der Waals surface area (Å²) in [4.78, 5) is 4.38. The maximum Gasteiger partial charge on any atom is 0.0872 e. The number of anilines is 1. The van der Waals surface area contributed by atoms with Gasteiger partial charge in [-0.1, -0.05) is 60.7 Å². The quantitative estimate of drug-likeness (QED) is 0.543. The Morgan fingerprint density at radius 1 is 0.800 bits per heavy atom. The SMILES string of the molecule is C(=NCc1ccccc1)Nc1ccc2ccccc2c1. The van der Waals surface area contributed by atoms with Gasteiger partial charge in [0.1, 0.15) is 0 Å². The molecule has 0 radical (unpaired) electrons. The molecule has 0 aromatic heterocycles. The molecule has 0 bridgehead atoms. The summed E-state index contributed by atoms with van der Waals surface area (Å²) >= 11 is 0. The van der Waals surface area contributed by atoms with E-state index < -0.39 is 0 Å². The lowest BCUT2D eigenvalue weighted by Gasteiger charge is -2.03. The molecule has 0 saturated carbocycles. The summed E-state index contributed by atoms with van der Waals surface area (Å²) in [6.45, 7) is 0.696. The van der Waals surface area contributed by atoms with Gasteiger partial charge >= 0.3 is 0 Å². The standard InChI is InChI=1S/C18H16N2/c1-2-6-15(7-3-1)13-19-14-20-18-11-10-16-8-4-5-9-17(16)12-18/h1-12,14H,13H2,(H,19,20). The minimum Gasteiger partial charge on any atom is -0.347 e. The van der Waals surface area contributed by atoms with E-state index in [9.17, 15) is 0 Å². The first-order valence-corrected chi connectivity index (χ1v) is 6.69. The molecule has 98 valence electrons. The van der Waals surface area contributed by atoms with Crippen LogP contribution in [0.4, 0.5) is 5.69 Å². The Morgan fingerprint density at radius 3 is 2.40 bits per heavy atom. The van der Waals surface area contributed by atoms with Crippen LogP contribution in [-0.4, -0.2) is 6.34 Å². The van der Waals surface area contributed by atoms with Crippen LogP contribution in [0.2, 0.25) is 0 Å². The van der Waals surface area contributed by atoms with Crippen LogP contribution in [0.15, 0.2) is 77.8 Å². The van der Waals surface area contributed by atoms with E-state index in [-0.39, 0.29) is 0 Å². The van der Waals surface area contributed by atoms with Crippen molar-refractivity contribution in [2.75, 3.05) is 5.32 Å². The average Bonchev–Trinajstić information content (AvgIpc) is 2.52. The zero-order chi connectivity index (χ0) is 13.6. The third-order valence-electron chi connectivity index (χ3n) is 3.19. The van der Waals surface area contributed by atoms with Crippen LogP contribution in [0, 0.1) is 0 Å². The highest BCUT2D eigenvalue weighted by atomic mass is 14.9. The van der Waals surface area contributed by atoms with Gasteiger partial charge in [-0.2, -0.15) is 0 Å². The third kappa shape index (κ3) is 3.04. The van der Waals surface area contributed by atoms with Crippen molar-refractivity contribution in [2.24, 2.45) is 4.99 Å². The van der Waals surface area contributed by atoms with Crippen molar-refractivity contribution in [3.63, 3.8) is 0 Å². The van der Waals surface area contributed by atoms with Crippen LogP contribution in [0.1, 0.15) is 5.56 Å². The summed E-state index contributed by atoms with van der Waals surface area (Å²) in [6.07, 6.45) is 1.76. The molecule has 0 heterocycles. The topological polar surface area (TPSA) is 24.4 Å². The fourth-order valence-electron chi connectivity index (χ4n) is 2.13. The molecule has 3 aromatic carbocycles. The monoisotopic (exact) mass is 260 g/mol. The summed E-state index contributed by atoms with van der Waals surface area (Å²) < 4.78 is 0. The zero-order valence-corrected chi connectivity index (χ0v) is 11.2. The molecular formula is C18H16N2. The van der Waals surface area contributed by atoms with Crippen molar-refractivity contribution in [1.29, 1.82) is 0 Å². The Balaban J connectivity index is 1.65. The van der Waals surface area contributed by atoms with E-state index in [1.165, 1.54) is 16.3 Å². The summed E-state index contributed by atoms with van der Waals surface area (Å²) in [5.74, 6) is 0. The van der Waals surface area contributed by atoms with Crippen LogP contribution in [0.5, 0.6) is 0 Å². The third-order valence-corrected chi connectivity index (χ3v) is 3.19.